The standard InChI is InChI=1S/C18H24O3/c1-10-7-11(2)14(12(3)8-10)15-13(19)9-18(4,5)17(21-6)16(15)20/h7-8,15,17H,9H2,1-6H3. The number of rotatable bonds is 2. The average Bonchev–Trinajstić information content (AvgIpc) is 2.31. The van der Waals surface area contributed by atoms with Crippen molar-refractivity contribution in [3.8, 4) is 0 Å². The number of carbonyl (C=O) groups excluding carboxylic acids is 2. The van der Waals surface area contributed by atoms with Gasteiger partial charge in [0.05, 0.1) is 0 Å². The predicted molar refractivity (Wildman–Crippen MR) is 82.6 cm³/mol. The Morgan fingerprint density at radius 2 is 1.62 bits per heavy atom. The first-order chi connectivity index (χ1) is 9.69. The highest BCUT2D eigenvalue weighted by molar-refractivity contribution is 6.12. The number of carbonyl (C=O) groups is 2. The fraction of sp³-hybridized carbons (Fsp3) is 0.556. The average molecular weight is 288 g/mol. The summed E-state index contributed by atoms with van der Waals surface area (Å²) in [7, 11) is 1.55. The summed E-state index contributed by atoms with van der Waals surface area (Å²) in [4.78, 5) is 25.4. The molecule has 0 aliphatic heterocycles. The second kappa shape index (κ2) is 5.38. The molecule has 0 saturated heterocycles. The fourth-order valence-electron chi connectivity index (χ4n) is 3.72. The van der Waals surface area contributed by atoms with Crippen LogP contribution in [0.3, 0.4) is 0 Å². The molecule has 0 aromatic heterocycles. The fourth-order valence-corrected chi connectivity index (χ4v) is 3.72. The number of aryl methyl sites for hydroxylation is 3. The lowest BCUT2D eigenvalue weighted by Crippen LogP contribution is -2.49. The van der Waals surface area contributed by atoms with Crippen LogP contribution in [0.1, 0.15) is 48.4 Å². The second-order valence-corrected chi connectivity index (χ2v) is 6.90. The molecule has 0 radical (unpaired) electrons. The summed E-state index contributed by atoms with van der Waals surface area (Å²) in [5.74, 6) is -0.772. The summed E-state index contributed by atoms with van der Waals surface area (Å²) >= 11 is 0. The van der Waals surface area contributed by atoms with E-state index in [1.54, 1.807) is 7.11 Å². The van der Waals surface area contributed by atoms with Crippen LogP contribution in [-0.2, 0) is 14.3 Å². The van der Waals surface area contributed by atoms with Crippen LogP contribution < -0.4 is 0 Å². The molecular weight excluding hydrogens is 264 g/mol. The van der Waals surface area contributed by atoms with Gasteiger partial charge in [0.2, 0.25) is 0 Å². The quantitative estimate of drug-likeness (QED) is 0.784. The SMILES string of the molecule is COC1C(=O)C(c2c(C)cc(C)cc2C)C(=O)CC1(C)C. The molecule has 1 fully saturated rings. The van der Waals surface area contributed by atoms with Gasteiger partial charge in [-0.05, 0) is 37.5 Å². The molecule has 1 aromatic rings. The zero-order chi connectivity index (χ0) is 15.9. The van der Waals surface area contributed by atoms with E-state index in [1.807, 2.05) is 46.8 Å². The van der Waals surface area contributed by atoms with E-state index in [4.69, 9.17) is 4.74 Å². The molecule has 1 aromatic carbocycles. The monoisotopic (exact) mass is 288 g/mol. The maximum Gasteiger partial charge on any atom is 0.176 e. The Kier molecular flexibility index (Phi) is 4.07. The van der Waals surface area contributed by atoms with E-state index in [-0.39, 0.29) is 11.6 Å². The van der Waals surface area contributed by atoms with Crippen LogP contribution in [-0.4, -0.2) is 24.8 Å². The lowest BCUT2D eigenvalue weighted by atomic mass is 9.66. The van der Waals surface area contributed by atoms with Gasteiger partial charge in [0.25, 0.3) is 0 Å². The van der Waals surface area contributed by atoms with Crippen molar-refractivity contribution in [2.45, 2.75) is 53.1 Å². The number of benzene rings is 1. The highest BCUT2D eigenvalue weighted by Crippen LogP contribution is 2.41. The van der Waals surface area contributed by atoms with E-state index >= 15 is 0 Å². The van der Waals surface area contributed by atoms with Crippen LogP contribution in [0.2, 0.25) is 0 Å². The Labute approximate surface area is 126 Å². The van der Waals surface area contributed by atoms with Gasteiger partial charge >= 0.3 is 0 Å². The van der Waals surface area contributed by atoms with Gasteiger partial charge in [-0.1, -0.05) is 31.5 Å². The van der Waals surface area contributed by atoms with E-state index in [0.717, 1.165) is 22.3 Å². The summed E-state index contributed by atoms with van der Waals surface area (Å²) in [5, 5.41) is 0. The Hall–Kier alpha value is -1.48. The zero-order valence-corrected chi connectivity index (χ0v) is 13.7. The van der Waals surface area contributed by atoms with E-state index in [1.165, 1.54) is 0 Å². The van der Waals surface area contributed by atoms with Gasteiger partial charge < -0.3 is 4.74 Å². The van der Waals surface area contributed by atoms with Crippen LogP contribution in [0.5, 0.6) is 0 Å². The molecule has 21 heavy (non-hydrogen) atoms. The molecule has 3 heteroatoms. The van der Waals surface area contributed by atoms with Gasteiger partial charge in [-0.3, -0.25) is 9.59 Å². The van der Waals surface area contributed by atoms with Crippen molar-refractivity contribution in [2.75, 3.05) is 7.11 Å². The van der Waals surface area contributed by atoms with E-state index < -0.39 is 17.4 Å². The molecule has 0 amide bonds. The molecule has 1 aliphatic carbocycles. The maximum absolute atomic E-state index is 12.8. The van der Waals surface area contributed by atoms with Crippen molar-refractivity contribution < 1.29 is 14.3 Å². The van der Waals surface area contributed by atoms with Crippen LogP contribution >= 0.6 is 0 Å². The third kappa shape index (κ3) is 2.67. The van der Waals surface area contributed by atoms with E-state index in [9.17, 15) is 9.59 Å². The maximum atomic E-state index is 12.8. The van der Waals surface area contributed by atoms with Crippen LogP contribution in [0.15, 0.2) is 12.1 Å². The van der Waals surface area contributed by atoms with Gasteiger partial charge in [-0.2, -0.15) is 0 Å². The largest absolute Gasteiger partial charge is 0.373 e. The number of hydrogen-bond acceptors (Lipinski definition) is 3. The third-order valence-corrected chi connectivity index (χ3v) is 4.47. The minimum absolute atomic E-state index is 0.00773. The third-order valence-electron chi connectivity index (χ3n) is 4.47. The molecule has 0 bridgehead atoms. The van der Waals surface area contributed by atoms with Crippen molar-refractivity contribution in [1.29, 1.82) is 0 Å². The molecule has 2 unspecified atom stereocenters. The molecule has 0 spiro atoms. The molecule has 3 nitrogen and oxygen atoms in total. The molecule has 1 aliphatic rings. The lowest BCUT2D eigenvalue weighted by Gasteiger charge is -2.39. The van der Waals surface area contributed by atoms with Gasteiger partial charge in [0.15, 0.2) is 5.78 Å². The molecule has 1 saturated carbocycles. The normalized spacial score (nSPS) is 25.2. The molecule has 2 rings (SSSR count). The van der Waals surface area contributed by atoms with Crippen molar-refractivity contribution in [3.05, 3.63) is 34.4 Å². The lowest BCUT2D eigenvalue weighted by molar-refractivity contribution is -0.149. The van der Waals surface area contributed by atoms with Gasteiger partial charge in [0.1, 0.15) is 17.8 Å². The first-order valence-electron chi connectivity index (χ1n) is 7.36. The summed E-state index contributed by atoms with van der Waals surface area (Å²) < 4.78 is 5.42. The highest BCUT2D eigenvalue weighted by Gasteiger charge is 2.49. The number of methoxy groups -OCH3 is 1. The van der Waals surface area contributed by atoms with Crippen molar-refractivity contribution in [1.82, 2.24) is 0 Å². The van der Waals surface area contributed by atoms with Crippen molar-refractivity contribution in [3.63, 3.8) is 0 Å². The van der Waals surface area contributed by atoms with E-state index in [2.05, 4.69) is 0 Å². The van der Waals surface area contributed by atoms with E-state index in [0.29, 0.717) is 6.42 Å². The minimum Gasteiger partial charge on any atom is -0.373 e. The number of Topliss-reactive ketones (excluding diaryl/α,β-unsaturated/α-hetero) is 2. The molecule has 2 atom stereocenters. The molecular formula is C18H24O3. The second-order valence-electron chi connectivity index (χ2n) is 6.90. The summed E-state index contributed by atoms with van der Waals surface area (Å²) in [6, 6.07) is 4.06. The Bertz CT molecular complexity index is 575. The summed E-state index contributed by atoms with van der Waals surface area (Å²) in [6.45, 7) is 9.80. The molecule has 0 N–H and O–H groups in total. The van der Waals surface area contributed by atoms with Crippen molar-refractivity contribution in [2.24, 2.45) is 5.41 Å². The topological polar surface area (TPSA) is 43.4 Å². The number of ether oxygens (including phenoxy) is 1. The molecule has 0 heterocycles. The zero-order valence-electron chi connectivity index (χ0n) is 13.7. The predicted octanol–water partition coefficient (Wildman–Crippen LogP) is 3.28. The first kappa shape index (κ1) is 15.9. The Morgan fingerprint density at radius 1 is 1.10 bits per heavy atom. The summed E-state index contributed by atoms with van der Waals surface area (Å²) in [5.41, 5.74) is 3.59. The number of ketones is 2. The van der Waals surface area contributed by atoms with Gasteiger partial charge in [-0.15, -0.1) is 0 Å². The van der Waals surface area contributed by atoms with Gasteiger partial charge in [0, 0.05) is 18.9 Å². The smallest absolute Gasteiger partial charge is 0.176 e. The van der Waals surface area contributed by atoms with Crippen LogP contribution in [0.25, 0.3) is 0 Å². The number of hydrogen-bond donors (Lipinski definition) is 0. The van der Waals surface area contributed by atoms with Gasteiger partial charge in [-0.25, -0.2) is 0 Å². The van der Waals surface area contributed by atoms with Crippen LogP contribution in [0, 0.1) is 26.2 Å². The Balaban J connectivity index is 2.54. The van der Waals surface area contributed by atoms with Crippen LogP contribution in [0.4, 0.5) is 0 Å². The van der Waals surface area contributed by atoms with Crippen molar-refractivity contribution >= 4 is 11.6 Å². The first-order valence-corrected chi connectivity index (χ1v) is 7.36. The highest BCUT2D eigenvalue weighted by atomic mass is 16.5. The molecule has 114 valence electrons. The summed E-state index contributed by atoms with van der Waals surface area (Å²) in [6.07, 6.45) is -0.158. The minimum atomic E-state index is -0.677. The Morgan fingerprint density at radius 3 is 2.10 bits per heavy atom.